The predicted molar refractivity (Wildman–Crippen MR) is 45.6 cm³/mol. The van der Waals surface area contributed by atoms with E-state index in [2.05, 4.69) is 9.98 Å². The fourth-order valence-electron chi connectivity index (χ4n) is 0.349. The van der Waals surface area contributed by atoms with E-state index < -0.39 is 0 Å². The SMILES string of the molecule is C/C=C(\Cl)N=C(N)C=NC. The Hall–Kier alpha value is -0.830. The largest absolute Gasteiger partial charge is 0.382 e. The summed E-state index contributed by atoms with van der Waals surface area (Å²) in [6, 6.07) is 0. The summed E-state index contributed by atoms with van der Waals surface area (Å²) in [5.41, 5.74) is 5.34. The molecule has 0 saturated heterocycles. The van der Waals surface area contributed by atoms with Crippen molar-refractivity contribution in [2.45, 2.75) is 6.92 Å². The van der Waals surface area contributed by atoms with Crippen LogP contribution in [-0.2, 0) is 0 Å². The molecule has 56 valence electrons. The lowest BCUT2D eigenvalue weighted by Crippen LogP contribution is -2.12. The first-order valence-electron chi connectivity index (χ1n) is 2.78. The van der Waals surface area contributed by atoms with Gasteiger partial charge in [0.25, 0.3) is 0 Å². The molecule has 2 N–H and O–H groups in total. The van der Waals surface area contributed by atoms with Crippen LogP contribution in [0.2, 0.25) is 0 Å². The van der Waals surface area contributed by atoms with E-state index in [0.717, 1.165) is 0 Å². The Bertz CT molecular complexity index is 181. The van der Waals surface area contributed by atoms with E-state index >= 15 is 0 Å². The van der Waals surface area contributed by atoms with Gasteiger partial charge in [0.1, 0.15) is 11.0 Å². The van der Waals surface area contributed by atoms with E-state index in [1.165, 1.54) is 6.21 Å². The lowest BCUT2D eigenvalue weighted by atomic mass is 10.6. The monoisotopic (exact) mass is 159 g/mol. The van der Waals surface area contributed by atoms with Crippen molar-refractivity contribution in [1.82, 2.24) is 0 Å². The van der Waals surface area contributed by atoms with Gasteiger partial charge in [-0.2, -0.15) is 0 Å². The van der Waals surface area contributed by atoms with Crippen molar-refractivity contribution in [2.75, 3.05) is 7.05 Å². The number of hydrogen-bond donors (Lipinski definition) is 1. The van der Waals surface area contributed by atoms with Crippen molar-refractivity contribution < 1.29 is 0 Å². The van der Waals surface area contributed by atoms with Crippen LogP contribution in [0.3, 0.4) is 0 Å². The second kappa shape index (κ2) is 4.99. The highest BCUT2D eigenvalue weighted by Crippen LogP contribution is 2.00. The minimum Gasteiger partial charge on any atom is -0.382 e. The zero-order chi connectivity index (χ0) is 7.98. The molecule has 0 radical (unpaired) electrons. The Morgan fingerprint density at radius 2 is 2.20 bits per heavy atom. The molecule has 0 bridgehead atoms. The number of allylic oxidation sites excluding steroid dienone is 1. The van der Waals surface area contributed by atoms with E-state index in [9.17, 15) is 0 Å². The first-order valence-corrected chi connectivity index (χ1v) is 3.16. The maximum atomic E-state index is 5.53. The van der Waals surface area contributed by atoms with Gasteiger partial charge in [0.2, 0.25) is 0 Å². The Morgan fingerprint density at radius 3 is 2.60 bits per heavy atom. The van der Waals surface area contributed by atoms with Crippen molar-refractivity contribution in [3.05, 3.63) is 11.2 Å². The first-order chi connectivity index (χ1) is 4.70. The molecule has 0 spiro atoms. The van der Waals surface area contributed by atoms with Gasteiger partial charge in [0, 0.05) is 7.05 Å². The predicted octanol–water partition coefficient (Wildman–Crippen LogP) is 1.14. The molecule has 3 nitrogen and oxygen atoms in total. The van der Waals surface area contributed by atoms with Crippen LogP contribution < -0.4 is 5.73 Å². The van der Waals surface area contributed by atoms with Gasteiger partial charge in [-0.25, -0.2) is 4.99 Å². The molecule has 0 aliphatic rings. The standard InChI is InChI=1S/C6H10ClN3/c1-3-5(7)10-6(8)4-9-2/h3-4H,1-2H3,(H2,8,10)/b5-3+,9-4?. The number of rotatable bonds is 2. The molecule has 0 heterocycles. The number of nitrogens with two attached hydrogens (primary N) is 1. The Balaban J connectivity index is 4.16. The smallest absolute Gasteiger partial charge is 0.143 e. The lowest BCUT2D eigenvalue weighted by molar-refractivity contribution is 1.43. The van der Waals surface area contributed by atoms with Crippen molar-refractivity contribution in [3.63, 3.8) is 0 Å². The molecule has 0 aromatic carbocycles. The van der Waals surface area contributed by atoms with Crippen molar-refractivity contribution in [1.29, 1.82) is 0 Å². The lowest BCUT2D eigenvalue weighted by Gasteiger charge is -1.88. The van der Waals surface area contributed by atoms with E-state index in [0.29, 0.717) is 11.0 Å². The maximum Gasteiger partial charge on any atom is 0.143 e. The highest BCUT2D eigenvalue weighted by molar-refractivity contribution is 6.34. The summed E-state index contributed by atoms with van der Waals surface area (Å²) in [6.07, 6.45) is 3.09. The van der Waals surface area contributed by atoms with Crippen LogP contribution in [0.4, 0.5) is 0 Å². The van der Waals surface area contributed by atoms with Crippen LogP contribution in [0.5, 0.6) is 0 Å². The summed E-state index contributed by atoms with van der Waals surface area (Å²) in [5, 5.41) is 0.373. The number of halogens is 1. The van der Waals surface area contributed by atoms with Crippen molar-refractivity contribution in [3.8, 4) is 0 Å². The Labute approximate surface area is 65.3 Å². The summed E-state index contributed by atoms with van der Waals surface area (Å²) in [4.78, 5) is 7.41. The minimum absolute atomic E-state index is 0.311. The van der Waals surface area contributed by atoms with E-state index in [4.69, 9.17) is 17.3 Å². The van der Waals surface area contributed by atoms with Crippen LogP contribution in [0.25, 0.3) is 0 Å². The molecule has 0 atom stereocenters. The molecule has 0 saturated carbocycles. The summed E-state index contributed by atoms with van der Waals surface area (Å²) < 4.78 is 0. The number of nitrogens with zero attached hydrogens (tertiary/aromatic N) is 2. The molecule has 0 amide bonds. The van der Waals surface area contributed by atoms with Gasteiger partial charge in [0.05, 0.1) is 6.21 Å². The van der Waals surface area contributed by atoms with E-state index in [1.54, 1.807) is 20.0 Å². The van der Waals surface area contributed by atoms with Crippen molar-refractivity contribution >= 4 is 23.7 Å². The summed E-state index contributed by atoms with van der Waals surface area (Å²) in [5.74, 6) is 0.311. The highest BCUT2D eigenvalue weighted by Gasteiger charge is 1.85. The molecule has 0 aromatic heterocycles. The second-order valence-electron chi connectivity index (χ2n) is 1.54. The van der Waals surface area contributed by atoms with E-state index in [-0.39, 0.29) is 0 Å². The molecule has 0 rings (SSSR count). The normalized spacial score (nSPS) is 14.7. The quantitative estimate of drug-likeness (QED) is 0.367. The summed E-state index contributed by atoms with van der Waals surface area (Å²) in [6.45, 7) is 1.78. The third-order valence-electron chi connectivity index (χ3n) is 0.735. The number of hydrogen-bond acceptors (Lipinski definition) is 2. The van der Waals surface area contributed by atoms with Gasteiger partial charge >= 0.3 is 0 Å². The molecular weight excluding hydrogens is 150 g/mol. The Kier molecular flexibility index (Phi) is 4.58. The number of amidine groups is 1. The third-order valence-corrected chi connectivity index (χ3v) is 1.04. The second-order valence-corrected chi connectivity index (χ2v) is 1.92. The molecule has 0 fully saturated rings. The van der Waals surface area contributed by atoms with Gasteiger partial charge in [-0.3, -0.25) is 4.99 Å². The first kappa shape index (κ1) is 9.17. The van der Waals surface area contributed by atoms with E-state index in [1.807, 2.05) is 0 Å². The zero-order valence-corrected chi connectivity index (χ0v) is 6.76. The Morgan fingerprint density at radius 1 is 1.60 bits per heavy atom. The van der Waals surface area contributed by atoms with Gasteiger partial charge in [-0.1, -0.05) is 17.7 Å². The maximum absolute atomic E-state index is 5.53. The number of aliphatic imine (C=N–C) groups is 2. The molecule has 0 unspecified atom stereocenters. The van der Waals surface area contributed by atoms with Crippen LogP contribution in [0.1, 0.15) is 6.92 Å². The summed E-state index contributed by atoms with van der Waals surface area (Å²) in [7, 11) is 1.62. The van der Waals surface area contributed by atoms with Gasteiger partial charge < -0.3 is 5.73 Å². The molecule has 4 heteroatoms. The highest BCUT2D eigenvalue weighted by atomic mass is 35.5. The van der Waals surface area contributed by atoms with Gasteiger partial charge in [0.15, 0.2) is 0 Å². The molecule has 0 aromatic rings. The van der Waals surface area contributed by atoms with Gasteiger partial charge in [-0.05, 0) is 6.92 Å². The molecule has 10 heavy (non-hydrogen) atoms. The topological polar surface area (TPSA) is 50.7 Å². The summed E-state index contributed by atoms with van der Waals surface area (Å²) >= 11 is 5.53. The average Bonchev–Trinajstić information content (AvgIpc) is 1.88. The molecule has 0 aliphatic heterocycles. The fourth-order valence-corrected chi connectivity index (χ4v) is 0.447. The van der Waals surface area contributed by atoms with Crippen LogP contribution in [-0.4, -0.2) is 19.1 Å². The third kappa shape index (κ3) is 4.09. The average molecular weight is 160 g/mol. The van der Waals surface area contributed by atoms with Crippen LogP contribution in [0.15, 0.2) is 21.2 Å². The molecule has 0 aliphatic carbocycles. The minimum atomic E-state index is 0.311. The van der Waals surface area contributed by atoms with Crippen molar-refractivity contribution in [2.24, 2.45) is 15.7 Å². The van der Waals surface area contributed by atoms with Gasteiger partial charge in [-0.15, -0.1) is 0 Å². The van der Waals surface area contributed by atoms with Crippen LogP contribution in [0, 0.1) is 0 Å². The fraction of sp³-hybridized carbons (Fsp3) is 0.333. The zero-order valence-electron chi connectivity index (χ0n) is 6.00. The van der Waals surface area contributed by atoms with Crippen LogP contribution >= 0.6 is 11.6 Å². The molecular formula is C6H10ClN3.